The first-order valence-electron chi connectivity index (χ1n) is 9.83. The van der Waals surface area contributed by atoms with Gasteiger partial charge >= 0.3 is 0 Å². The number of carbonyl (C=O) groups excluding carboxylic acids is 1. The number of rotatable bonds is 4. The topological polar surface area (TPSA) is 67.2 Å². The molecule has 2 aromatic heterocycles. The molecule has 30 heavy (non-hydrogen) atoms. The first-order valence-corrected chi connectivity index (χ1v) is 10.2. The van der Waals surface area contributed by atoms with Crippen molar-refractivity contribution in [3.05, 3.63) is 70.8 Å². The molecule has 154 valence electrons. The van der Waals surface area contributed by atoms with Crippen molar-refractivity contribution in [3.8, 4) is 5.82 Å². The van der Waals surface area contributed by atoms with E-state index in [1.807, 2.05) is 59.8 Å². The first kappa shape index (κ1) is 20.1. The quantitative estimate of drug-likeness (QED) is 0.603. The number of nitrogens with zero attached hydrogens (tertiary/aromatic N) is 6. The van der Waals surface area contributed by atoms with Gasteiger partial charge in [0, 0.05) is 49.0 Å². The minimum Gasteiger partial charge on any atom is -0.353 e. The number of hydrogen-bond acceptors (Lipinski definition) is 5. The molecule has 0 saturated carbocycles. The Labute approximate surface area is 180 Å². The van der Waals surface area contributed by atoms with Gasteiger partial charge in [-0.1, -0.05) is 29.8 Å². The Balaban J connectivity index is 1.40. The summed E-state index contributed by atoms with van der Waals surface area (Å²) in [6, 6.07) is 11.4. The van der Waals surface area contributed by atoms with Crippen molar-refractivity contribution in [2.24, 2.45) is 0 Å². The number of hydrogen-bond donors (Lipinski definition) is 0. The molecule has 0 unspecified atom stereocenters. The van der Waals surface area contributed by atoms with E-state index in [1.165, 1.54) is 0 Å². The second kappa shape index (κ2) is 8.67. The molecule has 1 saturated heterocycles. The summed E-state index contributed by atoms with van der Waals surface area (Å²) in [4.78, 5) is 25.3. The van der Waals surface area contributed by atoms with Gasteiger partial charge in [0.25, 0.3) is 0 Å². The maximum absolute atomic E-state index is 12.5. The summed E-state index contributed by atoms with van der Waals surface area (Å²) in [7, 11) is 0. The van der Waals surface area contributed by atoms with Crippen LogP contribution in [0, 0.1) is 13.8 Å². The Hall–Kier alpha value is -3.19. The molecule has 3 aromatic rings. The monoisotopic (exact) mass is 422 g/mol. The fourth-order valence-corrected chi connectivity index (χ4v) is 3.72. The summed E-state index contributed by atoms with van der Waals surface area (Å²) in [5.41, 5.74) is 2.81. The van der Waals surface area contributed by atoms with E-state index in [0.717, 1.165) is 28.6 Å². The molecule has 3 heterocycles. The summed E-state index contributed by atoms with van der Waals surface area (Å²) < 4.78 is 1.82. The van der Waals surface area contributed by atoms with Crippen LogP contribution in [0.25, 0.3) is 11.9 Å². The lowest BCUT2D eigenvalue weighted by atomic mass is 10.2. The molecule has 0 bridgehead atoms. The largest absolute Gasteiger partial charge is 0.353 e. The van der Waals surface area contributed by atoms with Crippen LogP contribution in [-0.2, 0) is 4.79 Å². The van der Waals surface area contributed by atoms with Crippen molar-refractivity contribution >= 4 is 29.4 Å². The zero-order chi connectivity index (χ0) is 21.1. The highest BCUT2D eigenvalue weighted by atomic mass is 35.5. The lowest BCUT2D eigenvalue weighted by Gasteiger charge is -2.35. The Morgan fingerprint density at radius 1 is 1.03 bits per heavy atom. The summed E-state index contributed by atoms with van der Waals surface area (Å²) in [5, 5.41) is 5.12. The van der Waals surface area contributed by atoms with Gasteiger partial charge in [-0.25, -0.2) is 14.6 Å². The van der Waals surface area contributed by atoms with Gasteiger partial charge in [-0.05, 0) is 37.6 Å². The van der Waals surface area contributed by atoms with E-state index >= 15 is 0 Å². The van der Waals surface area contributed by atoms with E-state index < -0.39 is 0 Å². The minimum atomic E-state index is -0.0133. The maximum atomic E-state index is 12.5. The third kappa shape index (κ3) is 4.36. The Morgan fingerprint density at radius 2 is 1.77 bits per heavy atom. The average molecular weight is 423 g/mol. The van der Waals surface area contributed by atoms with Crippen LogP contribution in [0.1, 0.15) is 17.0 Å². The number of aryl methyl sites for hydroxylation is 2. The van der Waals surface area contributed by atoms with Crippen molar-refractivity contribution < 1.29 is 4.79 Å². The number of halogens is 1. The highest BCUT2D eigenvalue weighted by Crippen LogP contribution is 2.19. The molecule has 1 amide bonds. The highest BCUT2D eigenvalue weighted by molar-refractivity contribution is 6.32. The van der Waals surface area contributed by atoms with Crippen molar-refractivity contribution in [2.45, 2.75) is 13.8 Å². The van der Waals surface area contributed by atoms with Gasteiger partial charge in [0.15, 0.2) is 5.82 Å². The third-order valence-electron chi connectivity index (χ3n) is 5.09. The molecule has 7 nitrogen and oxygen atoms in total. The van der Waals surface area contributed by atoms with E-state index in [-0.39, 0.29) is 5.91 Å². The summed E-state index contributed by atoms with van der Waals surface area (Å²) in [6.07, 6.45) is 4.91. The molecule has 4 rings (SSSR count). The summed E-state index contributed by atoms with van der Waals surface area (Å²) in [6.45, 7) is 6.64. The van der Waals surface area contributed by atoms with Gasteiger partial charge in [0.05, 0.1) is 5.69 Å². The van der Waals surface area contributed by atoms with Gasteiger partial charge in [0.1, 0.15) is 12.1 Å². The molecule has 0 spiro atoms. The molecule has 1 aromatic carbocycles. The fourth-order valence-electron chi connectivity index (χ4n) is 3.52. The highest BCUT2D eigenvalue weighted by Gasteiger charge is 2.21. The predicted molar refractivity (Wildman–Crippen MR) is 118 cm³/mol. The third-order valence-corrected chi connectivity index (χ3v) is 5.44. The van der Waals surface area contributed by atoms with E-state index in [2.05, 4.69) is 20.0 Å². The van der Waals surface area contributed by atoms with Crippen molar-refractivity contribution in [2.75, 3.05) is 31.1 Å². The minimum absolute atomic E-state index is 0.0133. The van der Waals surface area contributed by atoms with Gasteiger partial charge in [-0.2, -0.15) is 5.10 Å². The molecule has 1 fully saturated rings. The average Bonchev–Trinajstić information content (AvgIpc) is 3.11. The number of carbonyl (C=O) groups is 1. The number of amides is 1. The molecule has 1 aliphatic rings. The molecule has 0 N–H and O–H groups in total. The number of aromatic nitrogens is 4. The smallest absolute Gasteiger partial charge is 0.246 e. The van der Waals surface area contributed by atoms with Crippen LogP contribution in [0.4, 0.5) is 5.82 Å². The zero-order valence-electron chi connectivity index (χ0n) is 17.0. The van der Waals surface area contributed by atoms with Gasteiger partial charge in [0.2, 0.25) is 5.91 Å². The van der Waals surface area contributed by atoms with E-state index in [0.29, 0.717) is 31.2 Å². The van der Waals surface area contributed by atoms with Gasteiger partial charge in [-0.3, -0.25) is 4.79 Å². The van der Waals surface area contributed by atoms with Crippen LogP contribution in [0.5, 0.6) is 0 Å². The van der Waals surface area contributed by atoms with Crippen LogP contribution in [-0.4, -0.2) is 56.7 Å². The van der Waals surface area contributed by atoms with E-state index in [9.17, 15) is 4.79 Å². The molecule has 0 aliphatic carbocycles. The zero-order valence-corrected chi connectivity index (χ0v) is 17.8. The molecule has 1 aliphatic heterocycles. The SMILES string of the molecule is Cc1cc(C)n(-c2cc(N3CCN(C(=O)/C=C/c4ccccc4Cl)CC3)ncn2)n1. The van der Waals surface area contributed by atoms with E-state index in [1.54, 1.807) is 18.5 Å². The lowest BCUT2D eigenvalue weighted by Crippen LogP contribution is -2.48. The van der Waals surface area contributed by atoms with Crippen molar-refractivity contribution in [1.29, 1.82) is 0 Å². The molecule has 0 atom stereocenters. The van der Waals surface area contributed by atoms with Gasteiger partial charge in [-0.15, -0.1) is 0 Å². The van der Waals surface area contributed by atoms with Crippen molar-refractivity contribution in [3.63, 3.8) is 0 Å². The van der Waals surface area contributed by atoms with Gasteiger partial charge < -0.3 is 9.80 Å². The number of anilines is 1. The van der Waals surface area contributed by atoms with Crippen LogP contribution < -0.4 is 4.90 Å². The second-order valence-electron chi connectivity index (χ2n) is 7.24. The Kier molecular flexibility index (Phi) is 5.81. The molecular formula is C22H23ClN6O. The van der Waals surface area contributed by atoms with Crippen LogP contribution >= 0.6 is 11.6 Å². The molecular weight excluding hydrogens is 400 g/mol. The predicted octanol–water partition coefficient (Wildman–Crippen LogP) is 3.29. The summed E-state index contributed by atoms with van der Waals surface area (Å²) in [5.74, 6) is 1.57. The number of benzene rings is 1. The maximum Gasteiger partial charge on any atom is 0.246 e. The van der Waals surface area contributed by atoms with Crippen LogP contribution in [0.2, 0.25) is 5.02 Å². The van der Waals surface area contributed by atoms with E-state index in [4.69, 9.17) is 11.6 Å². The standard InChI is InChI=1S/C22H23ClN6O/c1-16-13-17(2)29(26-16)21-14-20(24-15-25-21)27-9-11-28(12-10-27)22(30)8-7-18-5-3-4-6-19(18)23/h3-8,13-15H,9-12H2,1-2H3/b8-7+. The molecule has 8 heteroatoms. The molecule has 0 radical (unpaired) electrons. The fraction of sp³-hybridized carbons (Fsp3) is 0.273. The number of piperazine rings is 1. The first-order chi connectivity index (χ1) is 14.5. The second-order valence-corrected chi connectivity index (χ2v) is 7.65. The van der Waals surface area contributed by atoms with Crippen molar-refractivity contribution in [1.82, 2.24) is 24.6 Å². The lowest BCUT2D eigenvalue weighted by molar-refractivity contribution is -0.126. The van der Waals surface area contributed by atoms with Crippen LogP contribution in [0.3, 0.4) is 0 Å². The van der Waals surface area contributed by atoms with Crippen LogP contribution in [0.15, 0.2) is 48.8 Å². The Morgan fingerprint density at radius 3 is 2.47 bits per heavy atom. The normalized spacial score (nSPS) is 14.5. The summed E-state index contributed by atoms with van der Waals surface area (Å²) >= 11 is 6.15. The Bertz CT molecular complexity index is 1080.